The van der Waals surface area contributed by atoms with Crippen LogP contribution in [0, 0.1) is 0 Å². The summed E-state index contributed by atoms with van der Waals surface area (Å²) >= 11 is 5.91. The molecule has 0 aliphatic rings. The summed E-state index contributed by atoms with van der Waals surface area (Å²) in [6.45, 7) is 2.49. The number of rotatable bonds is 6. The average molecular weight is 486 g/mol. The van der Waals surface area contributed by atoms with Crippen molar-refractivity contribution in [1.82, 2.24) is 24.8 Å². The molecular weight excluding hydrogens is 470 g/mol. The minimum Gasteiger partial charge on any atom is -0.478 e. The van der Waals surface area contributed by atoms with Gasteiger partial charge in [-0.1, -0.05) is 6.92 Å². The quantitative estimate of drug-likeness (QED) is 0.340. The van der Waals surface area contributed by atoms with E-state index < -0.39 is 11.7 Å². The molecule has 3 aromatic heterocycles. The smallest absolute Gasteiger partial charge is 0.416 e. The molecule has 168 valence electrons. The zero-order valence-electron chi connectivity index (χ0n) is 16.5. The van der Waals surface area contributed by atoms with Crippen LogP contribution in [0.4, 0.5) is 13.2 Å². The Balaban J connectivity index is 0.00000289. The van der Waals surface area contributed by atoms with E-state index >= 15 is 0 Å². The van der Waals surface area contributed by atoms with Crippen molar-refractivity contribution in [1.29, 1.82) is 0 Å². The number of halogens is 5. The van der Waals surface area contributed by atoms with Gasteiger partial charge in [0.1, 0.15) is 5.75 Å². The molecule has 0 unspecified atom stereocenters. The second-order valence-electron chi connectivity index (χ2n) is 6.45. The molecule has 1 aromatic carbocycles. The Morgan fingerprint density at radius 2 is 1.81 bits per heavy atom. The molecule has 0 aliphatic carbocycles. The van der Waals surface area contributed by atoms with E-state index in [1.165, 1.54) is 28.9 Å². The maximum Gasteiger partial charge on any atom is 0.416 e. The largest absolute Gasteiger partial charge is 0.478 e. The Labute approximate surface area is 191 Å². The zero-order chi connectivity index (χ0) is 22.0. The van der Waals surface area contributed by atoms with Gasteiger partial charge in [-0.3, -0.25) is 0 Å². The molecule has 0 radical (unpaired) electrons. The van der Waals surface area contributed by atoms with E-state index in [1.807, 2.05) is 6.92 Å². The van der Waals surface area contributed by atoms with Crippen molar-refractivity contribution in [2.24, 2.45) is 0 Å². The average Bonchev–Trinajstić information content (AvgIpc) is 3.12. The molecule has 12 heteroatoms. The first-order valence-electron chi connectivity index (χ1n) is 9.21. The molecule has 0 saturated heterocycles. The van der Waals surface area contributed by atoms with Crippen molar-refractivity contribution < 1.29 is 22.6 Å². The molecule has 0 amide bonds. The minimum absolute atomic E-state index is 0. The van der Waals surface area contributed by atoms with E-state index in [9.17, 15) is 13.2 Å². The number of fused-ring (bicyclic) bond motifs is 1. The van der Waals surface area contributed by atoms with Crippen LogP contribution in [0.25, 0.3) is 16.8 Å². The van der Waals surface area contributed by atoms with Gasteiger partial charge in [-0.15, -0.1) is 27.7 Å². The van der Waals surface area contributed by atoms with Gasteiger partial charge in [0.2, 0.25) is 17.0 Å². The van der Waals surface area contributed by atoms with E-state index in [0.717, 1.165) is 18.6 Å². The van der Waals surface area contributed by atoms with Crippen molar-refractivity contribution in [3.63, 3.8) is 0 Å². The zero-order valence-corrected chi connectivity index (χ0v) is 18.1. The summed E-state index contributed by atoms with van der Waals surface area (Å²) in [6, 6.07) is 9.56. The topological polar surface area (TPSA) is 74.4 Å². The third-order valence-corrected chi connectivity index (χ3v) is 4.46. The molecule has 3 heterocycles. The predicted molar refractivity (Wildman–Crippen MR) is 114 cm³/mol. The number of benzene rings is 1. The minimum atomic E-state index is -4.54. The van der Waals surface area contributed by atoms with Crippen LogP contribution >= 0.6 is 24.0 Å². The highest BCUT2D eigenvalue weighted by Crippen LogP contribution is 2.38. The van der Waals surface area contributed by atoms with Crippen LogP contribution in [0.3, 0.4) is 0 Å². The Morgan fingerprint density at radius 1 is 1.03 bits per heavy atom. The van der Waals surface area contributed by atoms with Crippen LogP contribution in [0.1, 0.15) is 18.9 Å². The lowest BCUT2D eigenvalue weighted by Gasteiger charge is -2.14. The molecule has 0 saturated carbocycles. The molecular formula is C20H16Cl2F3N5O2. The molecule has 0 N–H and O–H groups in total. The first kappa shape index (κ1) is 23.6. The number of nitrogens with zero attached hydrogens (tertiary/aromatic N) is 5. The lowest BCUT2D eigenvalue weighted by Crippen LogP contribution is -2.05. The second-order valence-corrected chi connectivity index (χ2v) is 6.79. The lowest BCUT2D eigenvalue weighted by atomic mass is 10.0. The molecule has 0 atom stereocenters. The van der Waals surface area contributed by atoms with Gasteiger partial charge in [0, 0.05) is 29.5 Å². The molecule has 0 spiro atoms. The van der Waals surface area contributed by atoms with Crippen LogP contribution in [-0.4, -0.2) is 31.4 Å². The van der Waals surface area contributed by atoms with Crippen LogP contribution in [0.2, 0.25) is 5.28 Å². The molecule has 0 bridgehead atoms. The number of pyridine rings is 1. The van der Waals surface area contributed by atoms with Gasteiger partial charge in [0.25, 0.3) is 0 Å². The fourth-order valence-electron chi connectivity index (χ4n) is 2.77. The Hall–Kier alpha value is -3.11. The van der Waals surface area contributed by atoms with Crippen molar-refractivity contribution in [2.45, 2.75) is 19.5 Å². The highest BCUT2D eigenvalue weighted by Gasteiger charge is 2.31. The number of aromatic nitrogens is 5. The van der Waals surface area contributed by atoms with Crippen LogP contribution < -0.4 is 9.47 Å². The highest BCUT2D eigenvalue weighted by molar-refractivity contribution is 6.28. The summed E-state index contributed by atoms with van der Waals surface area (Å²) < 4.78 is 52.3. The molecule has 7 nitrogen and oxygen atoms in total. The van der Waals surface area contributed by atoms with Crippen LogP contribution in [0.15, 0.2) is 48.7 Å². The number of hydrogen-bond acceptors (Lipinski definition) is 6. The van der Waals surface area contributed by atoms with Crippen LogP contribution in [-0.2, 0) is 6.18 Å². The van der Waals surface area contributed by atoms with Gasteiger partial charge >= 0.3 is 6.18 Å². The SMILES string of the molecule is CCCOc1ccc(-c2ccc(C(F)(F)F)cc2Oc2ccc3nnc(Cl)n3n2)cn1.Cl. The normalized spacial score (nSPS) is 11.3. The Morgan fingerprint density at radius 3 is 2.50 bits per heavy atom. The van der Waals surface area contributed by atoms with Crippen molar-refractivity contribution in [2.75, 3.05) is 6.61 Å². The Bertz CT molecular complexity index is 1220. The molecule has 4 aromatic rings. The maximum absolute atomic E-state index is 13.3. The summed E-state index contributed by atoms with van der Waals surface area (Å²) in [5, 5.41) is 11.6. The summed E-state index contributed by atoms with van der Waals surface area (Å²) in [5.74, 6) is 0.398. The predicted octanol–water partition coefficient (Wildman–Crippen LogP) is 5.86. The van der Waals surface area contributed by atoms with Gasteiger partial charge in [-0.2, -0.15) is 17.7 Å². The first-order valence-corrected chi connectivity index (χ1v) is 9.59. The second kappa shape index (κ2) is 9.58. The van der Waals surface area contributed by atoms with Crippen molar-refractivity contribution in [3.8, 4) is 28.6 Å². The van der Waals surface area contributed by atoms with Crippen LogP contribution in [0.5, 0.6) is 17.5 Å². The number of ether oxygens (including phenoxy) is 2. The molecule has 0 fully saturated rings. The summed E-state index contributed by atoms with van der Waals surface area (Å²) in [4.78, 5) is 4.20. The molecule has 32 heavy (non-hydrogen) atoms. The summed E-state index contributed by atoms with van der Waals surface area (Å²) in [5.41, 5.74) is 0.467. The number of alkyl halides is 3. The maximum atomic E-state index is 13.3. The fraction of sp³-hybridized carbons (Fsp3) is 0.200. The standard InChI is InChI=1S/C20H15ClF3N5O2.ClH/c1-2-9-30-17-7-3-12(11-25-17)14-5-4-13(20(22,23)24)10-15(14)31-18-8-6-16-26-27-19(21)29(16)28-18;/h3-8,10-11H,2,9H2,1H3;1H. The van der Waals surface area contributed by atoms with Gasteiger partial charge in [0.15, 0.2) is 5.65 Å². The van der Waals surface area contributed by atoms with E-state index in [2.05, 4.69) is 20.3 Å². The van der Waals surface area contributed by atoms with Gasteiger partial charge in [-0.05, 0) is 48.4 Å². The van der Waals surface area contributed by atoms with Gasteiger partial charge in [-0.25, -0.2) is 4.98 Å². The van der Waals surface area contributed by atoms with Crippen molar-refractivity contribution >= 4 is 29.7 Å². The number of hydrogen-bond donors (Lipinski definition) is 0. The summed E-state index contributed by atoms with van der Waals surface area (Å²) in [7, 11) is 0. The highest BCUT2D eigenvalue weighted by atomic mass is 35.5. The monoisotopic (exact) mass is 485 g/mol. The van der Waals surface area contributed by atoms with E-state index in [-0.39, 0.29) is 29.3 Å². The van der Waals surface area contributed by atoms with E-state index in [1.54, 1.807) is 12.1 Å². The van der Waals surface area contributed by atoms with Gasteiger partial charge < -0.3 is 9.47 Å². The first-order chi connectivity index (χ1) is 14.8. The van der Waals surface area contributed by atoms with E-state index in [4.69, 9.17) is 21.1 Å². The molecule has 0 aliphatic heterocycles. The fourth-order valence-corrected chi connectivity index (χ4v) is 2.93. The summed E-state index contributed by atoms with van der Waals surface area (Å²) in [6.07, 6.45) is -2.20. The molecule has 4 rings (SSSR count). The van der Waals surface area contributed by atoms with E-state index in [0.29, 0.717) is 29.3 Å². The third-order valence-electron chi connectivity index (χ3n) is 4.23. The van der Waals surface area contributed by atoms with Crippen molar-refractivity contribution in [3.05, 3.63) is 59.5 Å². The Kier molecular flexibility index (Phi) is 7.05. The lowest BCUT2D eigenvalue weighted by molar-refractivity contribution is -0.137. The third kappa shape index (κ3) is 5.03. The van der Waals surface area contributed by atoms with Gasteiger partial charge in [0.05, 0.1) is 12.2 Å².